The summed E-state index contributed by atoms with van der Waals surface area (Å²) in [4.78, 5) is 0. The molecule has 0 aromatic heterocycles. The second-order valence-electron chi connectivity index (χ2n) is 6.91. The molecule has 0 heterocycles. The number of aliphatic hydroxyl groups excluding tert-OH is 1. The smallest absolute Gasteiger partial charge is 0.0693 e. The van der Waals surface area contributed by atoms with E-state index in [-0.39, 0.29) is 12.1 Å². The topological polar surface area (TPSA) is 32.3 Å². The minimum atomic E-state index is -0.159. The summed E-state index contributed by atoms with van der Waals surface area (Å²) >= 11 is 0. The van der Waals surface area contributed by atoms with Crippen molar-refractivity contribution in [1.82, 2.24) is 5.32 Å². The molecule has 0 saturated heterocycles. The Morgan fingerprint density at radius 2 is 1.52 bits per heavy atom. The predicted octanol–water partition coefficient (Wildman–Crippen LogP) is 4.20. The van der Waals surface area contributed by atoms with Gasteiger partial charge in [-0.05, 0) is 37.2 Å². The van der Waals surface area contributed by atoms with Gasteiger partial charge in [0.1, 0.15) is 0 Å². The third-order valence-electron chi connectivity index (χ3n) is 5.40. The first-order chi connectivity index (χ1) is 10.3. The summed E-state index contributed by atoms with van der Waals surface area (Å²) < 4.78 is 0. The quantitative estimate of drug-likeness (QED) is 0.870. The van der Waals surface area contributed by atoms with Gasteiger partial charge in [0.05, 0.1) is 6.10 Å². The van der Waals surface area contributed by atoms with E-state index in [9.17, 15) is 5.11 Å². The van der Waals surface area contributed by atoms with Gasteiger partial charge < -0.3 is 10.4 Å². The second-order valence-corrected chi connectivity index (χ2v) is 6.91. The first-order valence-corrected chi connectivity index (χ1v) is 8.83. The zero-order valence-electron chi connectivity index (χ0n) is 13.0. The van der Waals surface area contributed by atoms with E-state index < -0.39 is 0 Å². The van der Waals surface area contributed by atoms with Crippen LogP contribution in [0.5, 0.6) is 0 Å². The van der Waals surface area contributed by atoms with Crippen molar-refractivity contribution in [2.75, 3.05) is 0 Å². The monoisotopic (exact) mass is 287 g/mol. The molecule has 21 heavy (non-hydrogen) atoms. The fourth-order valence-corrected chi connectivity index (χ4v) is 4.17. The molecule has 2 saturated carbocycles. The highest BCUT2D eigenvalue weighted by Crippen LogP contribution is 2.35. The number of hydrogen-bond acceptors (Lipinski definition) is 2. The van der Waals surface area contributed by atoms with E-state index in [4.69, 9.17) is 0 Å². The highest BCUT2D eigenvalue weighted by molar-refractivity contribution is 5.20. The van der Waals surface area contributed by atoms with Gasteiger partial charge >= 0.3 is 0 Å². The Balaban J connectivity index is 1.75. The Kier molecular flexibility index (Phi) is 5.32. The van der Waals surface area contributed by atoms with E-state index in [1.165, 1.54) is 50.5 Å². The van der Waals surface area contributed by atoms with E-state index in [0.717, 1.165) is 18.8 Å². The summed E-state index contributed by atoms with van der Waals surface area (Å²) in [6, 6.07) is 11.6. The van der Waals surface area contributed by atoms with Crippen LogP contribution in [0.25, 0.3) is 0 Å². The summed E-state index contributed by atoms with van der Waals surface area (Å²) in [6.45, 7) is 0. The highest BCUT2D eigenvalue weighted by atomic mass is 16.3. The van der Waals surface area contributed by atoms with Crippen LogP contribution in [0.3, 0.4) is 0 Å². The fraction of sp³-hybridized carbons (Fsp3) is 0.684. The molecule has 0 bridgehead atoms. The zero-order valence-corrected chi connectivity index (χ0v) is 13.0. The average molecular weight is 287 g/mol. The number of rotatable bonds is 4. The van der Waals surface area contributed by atoms with Crippen LogP contribution in [0.1, 0.15) is 69.4 Å². The molecule has 2 aliphatic rings. The van der Waals surface area contributed by atoms with E-state index >= 15 is 0 Å². The van der Waals surface area contributed by atoms with E-state index in [2.05, 4.69) is 35.6 Å². The molecule has 1 aromatic carbocycles. The maximum Gasteiger partial charge on any atom is 0.0693 e. The molecule has 1 aromatic rings. The Hall–Kier alpha value is -0.860. The molecule has 0 spiro atoms. The van der Waals surface area contributed by atoms with Crippen LogP contribution in [0, 0.1) is 5.92 Å². The molecule has 0 amide bonds. The molecule has 2 aliphatic carbocycles. The van der Waals surface area contributed by atoms with Crippen LogP contribution < -0.4 is 5.32 Å². The van der Waals surface area contributed by atoms with Crippen LogP contribution in [0.4, 0.5) is 0 Å². The number of hydrogen-bond donors (Lipinski definition) is 2. The normalized spacial score (nSPS) is 29.2. The second kappa shape index (κ2) is 7.42. The maximum absolute atomic E-state index is 10.3. The van der Waals surface area contributed by atoms with Crippen LogP contribution in [-0.2, 0) is 0 Å². The highest BCUT2D eigenvalue weighted by Gasteiger charge is 2.30. The van der Waals surface area contributed by atoms with Crippen molar-refractivity contribution in [2.24, 2.45) is 5.92 Å². The predicted molar refractivity (Wildman–Crippen MR) is 87.2 cm³/mol. The molecule has 116 valence electrons. The Morgan fingerprint density at radius 1 is 0.857 bits per heavy atom. The molecule has 0 aliphatic heterocycles. The first-order valence-electron chi connectivity index (χ1n) is 8.83. The van der Waals surface area contributed by atoms with E-state index in [1.54, 1.807) is 0 Å². The molecule has 2 nitrogen and oxygen atoms in total. The third-order valence-corrected chi connectivity index (χ3v) is 5.40. The molecule has 3 rings (SSSR count). The van der Waals surface area contributed by atoms with Crippen LogP contribution >= 0.6 is 0 Å². The van der Waals surface area contributed by atoms with Gasteiger partial charge in [0, 0.05) is 12.1 Å². The van der Waals surface area contributed by atoms with Crippen molar-refractivity contribution in [3.05, 3.63) is 35.9 Å². The maximum atomic E-state index is 10.3. The Labute approximate surface area is 129 Å². The van der Waals surface area contributed by atoms with Gasteiger partial charge in [-0.3, -0.25) is 0 Å². The lowest BCUT2D eigenvalue weighted by atomic mass is 9.80. The summed E-state index contributed by atoms with van der Waals surface area (Å²) in [5.41, 5.74) is 1.40. The number of nitrogens with one attached hydrogen (secondary N) is 1. The third kappa shape index (κ3) is 3.87. The summed E-state index contributed by atoms with van der Waals surface area (Å²) in [6.07, 6.45) is 11.1. The van der Waals surface area contributed by atoms with Crippen molar-refractivity contribution in [3.8, 4) is 0 Å². The average Bonchev–Trinajstić information content (AvgIpc) is 2.56. The summed E-state index contributed by atoms with van der Waals surface area (Å²) in [5, 5.41) is 14.1. The lowest BCUT2D eigenvalue weighted by Crippen LogP contribution is -2.45. The standard InChI is InChI=1S/C19H29NO/c21-18-14-8-7-13-17(18)20-19(15-9-3-1-4-10-15)16-11-5-2-6-12-16/h1,3-4,9-10,16-21H,2,5-8,11-14H2. The van der Waals surface area contributed by atoms with Crippen LogP contribution in [0.2, 0.25) is 0 Å². The van der Waals surface area contributed by atoms with Crippen molar-refractivity contribution < 1.29 is 5.11 Å². The minimum absolute atomic E-state index is 0.159. The molecule has 3 atom stereocenters. The molecule has 0 radical (unpaired) electrons. The molecular formula is C19H29NO. The van der Waals surface area contributed by atoms with Gasteiger partial charge in [-0.15, -0.1) is 0 Å². The van der Waals surface area contributed by atoms with Crippen molar-refractivity contribution in [1.29, 1.82) is 0 Å². The fourth-order valence-electron chi connectivity index (χ4n) is 4.17. The Morgan fingerprint density at radius 3 is 2.24 bits per heavy atom. The summed E-state index contributed by atoms with van der Waals surface area (Å²) in [5.74, 6) is 0.732. The Bertz CT molecular complexity index is 413. The summed E-state index contributed by atoms with van der Waals surface area (Å²) in [7, 11) is 0. The van der Waals surface area contributed by atoms with E-state index in [0.29, 0.717) is 6.04 Å². The zero-order chi connectivity index (χ0) is 14.5. The number of benzene rings is 1. The van der Waals surface area contributed by atoms with Crippen LogP contribution in [-0.4, -0.2) is 17.3 Å². The molecular weight excluding hydrogens is 258 g/mol. The molecule has 2 heteroatoms. The van der Waals surface area contributed by atoms with Crippen LogP contribution in [0.15, 0.2) is 30.3 Å². The number of aliphatic hydroxyl groups is 1. The van der Waals surface area contributed by atoms with Gasteiger partial charge in [-0.25, -0.2) is 0 Å². The molecule has 2 N–H and O–H groups in total. The SMILES string of the molecule is OC1CCCCC1NC(c1ccccc1)C1CCCCC1. The van der Waals surface area contributed by atoms with E-state index in [1.807, 2.05) is 0 Å². The molecule has 2 fully saturated rings. The largest absolute Gasteiger partial charge is 0.392 e. The molecule has 3 unspecified atom stereocenters. The van der Waals surface area contributed by atoms with Gasteiger partial charge in [-0.2, -0.15) is 0 Å². The van der Waals surface area contributed by atoms with Crippen molar-refractivity contribution in [2.45, 2.75) is 76.0 Å². The minimum Gasteiger partial charge on any atom is -0.392 e. The van der Waals surface area contributed by atoms with Crippen molar-refractivity contribution >= 4 is 0 Å². The van der Waals surface area contributed by atoms with Crippen molar-refractivity contribution in [3.63, 3.8) is 0 Å². The van der Waals surface area contributed by atoms with Gasteiger partial charge in [-0.1, -0.05) is 62.4 Å². The van der Waals surface area contributed by atoms with Gasteiger partial charge in [0.15, 0.2) is 0 Å². The lowest BCUT2D eigenvalue weighted by molar-refractivity contribution is 0.0766. The lowest BCUT2D eigenvalue weighted by Gasteiger charge is -2.37. The van der Waals surface area contributed by atoms with Gasteiger partial charge in [0.25, 0.3) is 0 Å². The van der Waals surface area contributed by atoms with Gasteiger partial charge in [0.2, 0.25) is 0 Å². The first kappa shape index (κ1) is 15.1.